The summed E-state index contributed by atoms with van der Waals surface area (Å²) in [6.45, 7) is 6.54. The molecule has 0 aliphatic carbocycles. The molecule has 1 aromatic carbocycles. The Bertz CT molecular complexity index is 882. The maximum Gasteiger partial charge on any atom is 0.207 e. The molecular weight excluding hydrogens is 358 g/mol. The molecule has 27 heavy (non-hydrogen) atoms. The summed E-state index contributed by atoms with van der Waals surface area (Å²) in [5.74, 6) is 1.63. The van der Waals surface area contributed by atoms with Crippen molar-refractivity contribution in [2.45, 2.75) is 30.8 Å². The maximum absolute atomic E-state index is 8.68. The summed E-state index contributed by atoms with van der Waals surface area (Å²) in [6, 6.07) is 6.54. The first-order valence-corrected chi connectivity index (χ1v) is 9.34. The Morgan fingerprint density at radius 1 is 1.26 bits per heavy atom. The van der Waals surface area contributed by atoms with E-state index in [4.69, 9.17) is 5.26 Å². The fourth-order valence-corrected chi connectivity index (χ4v) is 4.09. The van der Waals surface area contributed by atoms with Crippen LogP contribution in [0.3, 0.4) is 0 Å². The molecule has 2 aliphatic rings. The summed E-state index contributed by atoms with van der Waals surface area (Å²) in [7, 11) is 0. The lowest BCUT2D eigenvalue weighted by Gasteiger charge is -2.35. The Hall–Kier alpha value is -2.63. The van der Waals surface area contributed by atoms with Crippen LogP contribution in [0.1, 0.15) is 19.9 Å². The van der Waals surface area contributed by atoms with Crippen molar-refractivity contribution in [2.75, 3.05) is 31.5 Å². The smallest absolute Gasteiger partial charge is 0.207 e. The van der Waals surface area contributed by atoms with E-state index in [1.165, 1.54) is 10.5 Å². The Balaban J connectivity index is 0.00000210. The minimum atomic E-state index is 0. The molecule has 2 aromatic rings. The highest BCUT2D eigenvalue weighted by molar-refractivity contribution is 7.99. The first-order valence-electron chi connectivity index (χ1n) is 8.52. The number of aliphatic imine (C=N–C) groups is 1. The molecule has 1 saturated heterocycles. The van der Waals surface area contributed by atoms with Gasteiger partial charge in [-0.2, -0.15) is 10.3 Å². The number of aromatic nitrogens is 2. The van der Waals surface area contributed by atoms with E-state index in [2.05, 4.69) is 48.3 Å². The number of rotatable bonds is 2. The number of nitrogens with one attached hydrogen (secondary N) is 1. The van der Waals surface area contributed by atoms with Gasteiger partial charge in [0.2, 0.25) is 6.19 Å². The van der Waals surface area contributed by atoms with Crippen LogP contribution >= 0.6 is 11.8 Å². The molecule has 0 atom stereocenters. The molecule has 0 saturated carbocycles. The van der Waals surface area contributed by atoms with Crippen LogP contribution in [0.25, 0.3) is 0 Å². The molecular formula is C19H23N7S. The maximum atomic E-state index is 8.68. The number of hydrogen-bond donors (Lipinski definition) is 1. The van der Waals surface area contributed by atoms with E-state index in [9.17, 15) is 0 Å². The van der Waals surface area contributed by atoms with E-state index >= 15 is 0 Å². The van der Waals surface area contributed by atoms with Crippen molar-refractivity contribution in [2.24, 2.45) is 4.99 Å². The molecule has 8 heteroatoms. The predicted molar refractivity (Wildman–Crippen MR) is 108 cm³/mol. The lowest BCUT2D eigenvalue weighted by molar-refractivity contribution is 0.175. The topological polar surface area (TPSA) is 80.4 Å². The normalized spacial score (nSPS) is 16.4. The third kappa shape index (κ3) is 4.21. The molecule has 1 fully saturated rings. The second-order valence-corrected chi connectivity index (χ2v) is 7.32. The Morgan fingerprint density at radius 2 is 2.04 bits per heavy atom. The van der Waals surface area contributed by atoms with Crippen molar-refractivity contribution in [1.29, 1.82) is 5.26 Å². The molecule has 0 spiro atoms. The zero-order chi connectivity index (χ0) is 17.9. The molecule has 4 rings (SSSR count). The van der Waals surface area contributed by atoms with E-state index in [-0.39, 0.29) is 7.43 Å². The van der Waals surface area contributed by atoms with Gasteiger partial charge in [-0.25, -0.2) is 9.97 Å². The highest BCUT2D eigenvalue weighted by Crippen LogP contribution is 2.42. The summed E-state index contributed by atoms with van der Waals surface area (Å²) >= 11 is 1.65. The molecule has 0 unspecified atom stereocenters. The summed E-state index contributed by atoms with van der Waals surface area (Å²) in [5.41, 5.74) is 2.37. The average Bonchev–Trinajstić information content (AvgIpc) is 2.67. The molecule has 0 amide bonds. The van der Waals surface area contributed by atoms with Crippen LogP contribution in [0.4, 0.5) is 11.5 Å². The molecule has 2 aliphatic heterocycles. The SMILES string of the molecule is C.CC(=NC#N)N1CCN(Cc2ccc3c(c2)Nc2nccnc2S3)CC1. The van der Waals surface area contributed by atoms with Gasteiger partial charge < -0.3 is 10.2 Å². The van der Waals surface area contributed by atoms with E-state index in [0.717, 1.165) is 55.1 Å². The van der Waals surface area contributed by atoms with Crippen molar-refractivity contribution in [3.05, 3.63) is 36.2 Å². The Labute approximate surface area is 164 Å². The predicted octanol–water partition coefficient (Wildman–Crippen LogP) is 3.34. The van der Waals surface area contributed by atoms with Gasteiger partial charge in [0.15, 0.2) is 5.82 Å². The monoisotopic (exact) mass is 381 g/mol. The van der Waals surface area contributed by atoms with Crippen LogP contribution in [0.2, 0.25) is 0 Å². The van der Waals surface area contributed by atoms with Gasteiger partial charge in [0.05, 0.1) is 5.69 Å². The number of fused-ring (bicyclic) bond motifs is 2. The van der Waals surface area contributed by atoms with Crippen LogP contribution in [0.15, 0.2) is 45.5 Å². The summed E-state index contributed by atoms with van der Waals surface area (Å²) in [4.78, 5) is 18.3. The van der Waals surface area contributed by atoms with Crippen molar-refractivity contribution in [1.82, 2.24) is 19.8 Å². The molecule has 0 bridgehead atoms. The van der Waals surface area contributed by atoms with E-state index in [1.54, 1.807) is 24.2 Å². The van der Waals surface area contributed by atoms with Gasteiger partial charge in [-0.1, -0.05) is 25.3 Å². The van der Waals surface area contributed by atoms with Gasteiger partial charge >= 0.3 is 0 Å². The van der Waals surface area contributed by atoms with Gasteiger partial charge in [-0.05, 0) is 24.6 Å². The number of anilines is 2. The van der Waals surface area contributed by atoms with Crippen molar-refractivity contribution in [3.63, 3.8) is 0 Å². The van der Waals surface area contributed by atoms with Gasteiger partial charge in [0, 0.05) is 50.0 Å². The number of benzene rings is 1. The lowest BCUT2D eigenvalue weighted by atomic mass is 10.1. The number of piperazine rings is 1. The number of nitriles is 1. The number of hydrogen-bond acceptors (Lipinski definition) is 7. The molecule has 1 aromatic heterocycles. The first-order chi connectivity index (χ1) is 12.7. The quantitative estimate of drug-likeness (QED) is 0.414. The van der Waals surface area contributed by atoms with Crippen LogP contribution in [-0.2, 0) is 6.54 Å². The largest absolute Gasteiger partial charge is 0.357 e. The minimum Gasteiger partial charge on any atom is -0.357 e. The average molecular weight is 382 g/mol. The molecule has 7 nitrogen and oxygen atoms in total. The molecule has 1 N–H and O–H groups in total. The number of amidine groups is 1. The van der Waals surface area contributed by atoms with E-state index in [0.29, 0.717) is 0 Å². The standard InChI is InChI=1S/C18H19N7S.CH4/c1-13(22-12-19)25-8-6-24(7-9-25)11-14-2-3-16-15(10-14)23-17-18(26-16)21-5-4-20-17;/h2-5,10H,6-9,11H2,1H3,(H,20,23);1H4. The molecule has 3 heterocycles. The lowest BCUT2D eigenvalue weighted by Crippen LogP contribution is -2.47. The zero-order valence-electron chi connectivity index (χ0n) is 14.5. The van der Waals surface area contributed by atoms with Gasteiger partial charge in [-0.15, -0.1) is 0 Å². The van der Waals surface area contributed by atoms with Crippen LogP contribution < -0.4 is 5.32 Å². The van der Waals surface area contributed by atoms with Crippen molar-refractivity contribution >= 4 is 29.1 Å². The van der Waals surface area contributed by atoms with E-state index in [1.807, 2.05) is 13.1 Å². The van der Waals surface area contributed by atoms with E-state index < -0.39 is 0 Å². The van der Waals surface area contributed by atoms with Gasteiger partial charge in [0.25, 0.3) is 0 Å². The van der Waals surface area contributed by atoms with Crippen molar-refractivity contribution < 1.29 is 0 Å². The summed E-state index contributed by atoms with van der Waals surface area (Å²) < 4.78 is 0. The summed E-state index contributed by atoms with van der Waals surface area (Å²) in [6.07, 6.45) is 5.29. The van der Waals surface area contributed by atoms with Crippen LogP contribution in [0.5, 0.6) is 0 Å². The Morgan fingerprint density at radius 3 is 2.81 bits per heavy atom. The second kappa shape index (κ2) is 8.37. The van der Waals surface area contributed by atoms with Crippen LogP contribution in [-0.4, -0.2) is 51.8 Å². The third-order valence-electron chi connectivity index (χ3n) is 4.62. The molecule has 140 valence electrons. The van der Waals surface area contributed by atoms with Crippen molar-refractivity contribution in [3.8, 4) is 6.19 Å². The minimum absolute atomic E-state index is 0. The number of nitrogens with zero attached hydrogens (tertiary/aromatic N) is 6. The van der Waals surface area contributed by atoms with Gasteiger partial charge in [-0.3, -0.25) is 4.90 Å². The first kappa shape index (κ1) is 19.1. The third-order valence-corrected chi connectivity index (χ3v) is 5.68. The highest BCUT2D eigenvalue weighted by Gasteiger charge is 2.20. The van der Waals surface area contributed by atoms with Crippen LogP contribution in [0, 0.1) is 11.5 Å². The fourth-order valence-electron chi connectivity index (χ4n) is 3.21. The second-order valence-electron chi connectivity index (χ2n) is 6.29. The summed E-state index contributed by atoms with van der Waals surface area (Å²) in [5, 5.41) is 13.0. The molecule has 0 radical (unpaired) electrons. The zero-order valence-corrected chi connectivity index (χ0v) is 15.3. The highest BCUT2D eigenvalue weighted by atomic mass is 32.2. The Kier molecular flexibility index (Phi) is 5.94. The van der Waals surface area contributed by atoms with Gasteiger partial charge in [0.1, 0.15) is 10.9 Å². The fraction of sp³-hybridized carbons (Fsp3) is 0.368.